The molecule has 0 saturated carbocycles. The minimum atomic E-state index is -4.44. The van der Waals surface area contributed by atoms with Crippen LogP contribution < -0.4 is 5.32 Å². The van der Waals surface area contributed by atoms with Crippen LogP contribution in [0.3, 0.4) is 0 Å². The van der Waals surface area contributed by atoms with E-state index in [9.17, 15) is 28.1 Å². The molecule has 1 atom stereocenters. The number of alkyl halides is 3. The van der Waals surface area contributed by atoms with E-state index >= 15 is 0 Å². The van der Waals surface area contributed by atoms with Crippen molar-refractivity contribution in [2.24, 2.45) is 0 Å². The molecular formula is C25H30F3N3O4. The number of nitro benzene ring substituents is 1. The summed E-state index contributed by atoms with van der Waals surface area (Å²) >= 11 is 0. The lowest BCUT2D eigenvalue weighted by molar-refractivity contribution is -0.384. The number of rotatable bonds is 9. The van der Waals surface area contributed by atoms with E-state index in [1.807, 2.05) is 6.92 Å². The van der Waals surface area contributed by atoms with Crippen LogP contribution in [0.2, 0.25) is 0 Å². The lowest BCUT2D eigenvalue weighted by Gasteiger charge is -2.25. The second-order valence-corrected chi connectivity index (χ2v) is 8.57. The Balaban J connectivity index is 1.80. The standard InChI is InChI=1S/C25H30F3N3O4/c1-2-12-30(13-11-29-20-7-3-6-19(16-20)25(26,27)28)24(32)23-17-21(31(33)34)8-9-22(23)18-5-4-14-35-15-10-18/h3,6-9,16-18,29H,2,4-5,10-15H2,1H3. The molecule has 35 heavy (non-hydrogen) atoms. The predicted octanol–water partition coefficient (Wildman–Crippen LogP) is 5.86. The highest BCUT2D eigenvalue weighted by Gasteiger charge is 2.30. The van der Waals surface area contributed by atoms with Crippen LogP contribution in [0.5, 0.6) is 0 Å². The molecule has 0 radical (unpaired) electrons. The van der Waals surface area contributed by atoms with E-state index < -0.39 is 16.7 Å². The van der Waals surface area contributed by atoms with Crippen molar-refractivity contribution in [3.05, 3.63) is 69.3 Å². The number of ether oxygens (including phenoxy) is 1. The van der Waals surface area contributed by atoms with Crippen LogP contribution in [0.25, 0.3) is 0 Å². The molecule has 190 valence electrons. The van der Waals surface area contributed by atoms with Crippen LogP contribution >= 0.6 is 0 Å². The summed E-state index contributed by atoms with van der Waals surface area (Å²) in [5, 5.41) is 14.4. The Hall–Kier alpha value is -3.14. The van der Waals surface area contributed by atoms with Gasteiger partial charge in [-0.1, -0.05) is 19.1 Å². The average molecular weight is 494 g/mol. The molecule has 2 aromatic rings. The molecule has 1 aliphatic rings. The van der Waals surface area contributed by atoms with Crippen molar-refractivity contribution in [3.63, 3.8) is 0 Å². The number of hydrogen-bond donors (Lipinski definition) is 1. The molecule has 1 amide bonds. The second kappa shape index (κ2) is 12.0. The molecule has 3 rings (SSSR count). The van der Waals surface area contributed by atoms with Crippen molar-refractivity contribution >= 4 is 17.3 Å². The number of amides is 1. The molecule has 1 heterocycles. The van der Waals surface area contributed by atoms with Crippen molar-refractivity contribution in [1.82, 2.24) is 4.90 Å². The Labute approximate surface area is 202 Å². The molecule has 1 fully saturated rings. The minimum absolute atomic E-state index is 0.0592. The van der Waals surface area contributed by atoms with Crippen molar-refractivity contribution < 1.29 is 27.6 Å². The number of non-ortho nitro benzene ring substituents is 1. The number of carbonyl (C=O) groups excluding carboxylic acids is 1. The van der Waals surface area contributed by atoms with Gasteiger partial charge in [-0.15, -0.1) is 0 Å². The molecular weight excluding hydrogens is 463 g/mol. The van der Waals surface area contributed by atoms with Crippen molar-refractivity contribution in [2.75, 3.05) is 38.2 Å². The maximum atomic E-state index is 13.6. The molecule has 0 spiro atoms. The summed E-state index contributed by atoms with van der Waals surface area (Å²) in [6, 6.07) is 9.33. The summed E-state index contributed by atoms with van der Waals surface area (Å²) in [6.07, 6.45) is -1.39. The third kappa shape index (κ3) is 7.17. The van der Waals surface area contributed by atoms with Gasteiger partial charge in [-0.05, 0) is 55.4 Å². The zero-order valence-corrected chi connectivity index (χ0v) is 19.6. The van der Waals surface area contributed by atoms with Crippen LogP contribution in [0.4, 0.5) is 24.5 Å². The lowest BCUT2D eigenvalue weighted by atomic mass is 9.87. The highest BCUT2D eigenvalue weighted by molar-refractivity contribution is 5.96. The van der Waals surface area contributed by atoms with Gasteiger partial charge < -0.3 is 15.0 Å². The maximum Gasteiger partial charge on any atom is 0.416 e. The van der Waals surface area contributed by atoms with Crippen LogP contribution in [0.15, 0.2) is 42.5 Å². The summed E-state index contributed by atoms with van der Waals surface area (Å²) in [5.74, 6) is -0.259. The smallest absolute Gasteiger partial charge is 0.383 e. The van der Waals surface area contributed by atoms with E-state index in [2.05, 4.69) is 5.32 Å². The summed E-state index contributed by atoms with van der Waals surface area (Å²) in [7, 11) is 0. The third-order valence-corrected chi connectivity index (χ3v) is 6.05. The van der Waals surface area contributed by atoms with E-state index in [0.29, 0.717) is 37.4 Å². The van der Waals surface area contributed by atoms with Gasteiger partial charge in [-0.25, -0.2) is 0 Å². The largest absolute Gasteiger partial charge is 0.416 e. The quantitative estimate of drug-likeness (QED) is 0.349. The van der Waals surface area contributed by atoms with Crippen molar-refractivity contribution in [1.29, 1.82) is 0 Å². The summed E-state index contributed by atoms with van der Waals surface area (Å²) in [6.45, 7) is 4.01. The summed E-state index contributed by atoms with van der Waals surface area (Å²) in [5.41, 5.74) is 0.480. The maximum absolute atomic E-state index is 13.6. The third-order valence-electron chi connectivity index (χ3n) is 6.05. The first kappa shape index (κ1) is 26.5. The Morgan fingerprint density at radius 2 is 1.97 bits per heavy atom. The Bertz CT molecular complexity index is 1020. The number of nitrogens with one attached hydrogen (secondary N) is 1. The molecule has 0 bridgehead atoms. The molecule has 10 heteroatoms. The number of nitro groups is 1. The number of anilines is 1. The van der Waals surface area contributed by atoms with Gasteiger partial charge >= 0.3 is 6.18 Å². The fourth-order valence-electron chi connectivity index (χ4n) is 4.31. The molecule has 7 nitrogen and oxygen atoms in total. The molecule has 1 aliphatic heterocycles. The predicted molar refractivity (Wildman–Crippen MR) is 127 cm³/mol. The zero-order chi connectivity index (χ0) is 25.4. The van der Waals surface area contributed by atoms with Crippen molar-refractivity contribution in [3.8, 4) is 0 Å². The Morgan fingerprint density at radius 3 is 2.69 bits per heavy atom. The number of carbonyl (C=O) groups is 1. The highest BCUT2D eigenvalue weighted by Crippen LogP contribution is 2.33. The number of nitrogens with zero attached hydrogens (tertiary/aromatic N) is 2. The fourth-order valence-corrected chi connectivity index (χ4v) is 4.31. The Morgan fingerprint density at radius 1 is 1.17 bits per heavy atom. The molecule has 1 N–H and O–H groups in total. The topological polar surface area (TPSA) is 84.7 Å². The molecule has 1 saturated heterocycles. The van der Waals surface area contributed by atoms with Crippen LogP contribution in [-0.4, -0.2) is 48.6 Å². The number of benzene rings is 2. The second-order valence-electron chi connectivity index (χ2n) is 8.57. The van der Waals surface area contributed by atoms with Gasteiger partial charge in [0.05, 0.1) is 10.5 Å². The van der Waals surface area contributed by atoms with E-state index in [-0.39, 0.29) is 30.6 Å². The van der Waals surface area contributed by atoms with E-state index in [0.717, 1.165) is 37.0 Å². The van der Waals surface area contributed by atoms with E-state index in [1.165, 1.54) is 24.3 Å². The lowest BCUT2D eigenvalue weighted by Crippen LogP contribution is -2.36. The van der Waals surface area contributed by atoms with Gasteiger partial charge in [0, 0.05) is 56.2 Å². The first-order chi connectivity index (χ1) is 16.7. The van der Waals surface area contributed by atoms with Gasteiger partial charge in [-0.3, -0.25) is 14.9 Å². The van der Waals surface area contributed by atoms with Gasteiger partial charge in [-0.2, -0.15) is 13.2 Å². The number of halogens is 3. The van der Waals surface area contributed by atoms with Crippen LogP contribution in [-0.2, 0) is 10.9 Å². The van der Waals surface area contributed by atoms with E-state index in [1.54, 1.807) is 11.0 Å². The fraction of sp³-hybridized carbons (Fsp3) is 0.480. The van der Waals surface area contributed by atoms with Crippen molar-refractivity contribution in [2.45, 2.75) is 44.7 Å². The zero-order valence-electron chi connectivity index (χ0n) is 19.6. The molecule has 2 aromatic carbocycles. The SMILES string of the molecule is CCCN(CCNc1cccc(C(F)(F)F)c1)C(=O)c1cc([N+](=O)[O-])ccc1C1CCCOCC1. The monoisotopic (exact) mass is 493 g/mol. The molecule has 0 aromatic heterocycles. The van der Waals surface area contributed by atoms with Crippen LogP contribution in [0, 0.1) is 10.1 Å². The molecule has 0 aliphatic carbocycles. The average Bonchev–Trinajstić information content (AvgIpc) is 3.12. The molecule has 1 unspecified atom stereocenters. The van der Waals surface area contributed by atoms with Gasteiger partial charge in [0.15, 0.2) is 0 Å². The number of hydrogen-bond acceptors (Lipinski definition) is 5. The normalized spacial score (nSPS) is 16.4. The first-order valence-electron chi connectivity index (χ1n) is 11.8. The minimum Gasteiger partial charge on any atom is -0.383 e. The van der Waals surface area contributed by atoms with Crippen LogP contribution in [0.1, 0.15) is 60.0 Å². The van der Waals surface area contributed by atoms with Gasteiger partial charge in [0.1, 0.15) is 0 Å². The highest BCUT2D eigenvalue weighted by atomic mass is 19.4. The van der Waals surface area contributed by atoms with E-state index in [4.69, 9.17) is 4.74 Å². The summed E-state index contributed by atoms with van der Waals surface area (Å²) < 4.78 is 44.5. The first-order valence-corrected chi connectivity index (χ1v) is 11.8. The van der Waals surface area contributed by atoms with Gasteiger partial charge in [0.2, 0.25) is 0 Å². The Kier molecular flexibility index (Phi) is 9.08. The summed E-state index contributed by atoms with van der Waals surface area (Å²) in [4.78, 5) is 26.1. The van der Waals surface area contributed by atoms with Gasteiger partial charge in [0.25, 0.3) is 11.6 Å².